The van der Waals surface area contributed by atoms with Gasteiger partial charge in [0.2, 0.25) is 0 Å². The number of ether oxygens (including phenoxy) is 1. The highest BCUT2D eigenvalue weighted by Crippen LogP contribution is 2.34. The Balaban J connectivity index is 2.27. The third-order valence-corrected chi connectivity index (χ3v) is 2.63. The van der Waals surface area contributed by atoms with Crippen molar-refractivity contribution in [2.45, 2.75) is 19.3 Å². The predicted molar refractivity (Wildman–Crippen MR) is 55.0 cm³/mol. The highest BCUT2D eigenvalue weighted by Gasteiger charge is 2.16. The fourth-order valence-corrected chi connectivity index (χ4v) is 2.01. The van der Waals surface area contributed by atoms with Crippen LogP contribution in [0, 0.1) is 0 Å². The number of benzene rings is 1. The number of hydrogen-bond donors (Lipinski definition) is 0. The first-order valence-corrected chi connectivity index (χ1v) is 5.07. The molecule has 1 aliphatic rings. The summed E-state index contributed by atoms with van der Waals surface area (Å²) in [5.74, 6) is 0.821. The van der Waals surface area contributed by atoms with Crippen molar-refractivity contribution in [2.24, 2.45) is 0 Å². The van der Waals surface area contributed by atoms with E-state index in [2.05, 4.69) is 6.07 Å². The summed E-state index contributed by atoms with van der Waals surface area (Å²) in [5.41, 5.74) is 2.28. The molecule has 0 spiro atoms. The van der Waals surface area contributed by atoms with Crippen LogP contribution in [0.15, 0.2) is 12.1 Å². The van der Waals surface area contributed by atoms with E-state index >= 15 is 0 Å². The van der Waals surface area contributed by atoms with Gasteiger partial charge >= 0.3 is 0 Å². The van der Waals surface area contributed by atoms with Crippen LogP contribution in [-0.4, -0.2) is 12.9 Å². The van der Waals surface area contributed by atoms with Crippen molar-refractivity contribution in [3.05, 3.63) is 28.3 Å². The van der Waals surface area contributed by atoms with Gasteiger partial charge in [0.15, 0.2) is 0 Å². The second kappa shape index (κ2) is 4.01. The highest BCUT2D eigenvalue weighted by atomic mass is 35.5. The zero-order valence-corrected chi connectivity index (χ0v) is 8.51. The first kappa shape index (κ1) is 9.53. The molecule has 0 radical (unpaired) electrons. The van der Waals surface area contributed by atoms with Crippen molar-refractivity contribution in [1.82, 2.24) is 0 Å². The molecule has 1 aromatic rings. The molecule has 3 heteroatoms. The number of aryl methyl sites for hydroxylation is 1. The maximum Gasteiger partial charge on any atom is 0.141 e. The van der Waals surface area contributed by atoms with E-state index in [1.807, 2.05) is 6.07 Å². The van der Waals surface area contributed by atoms with E-state index in [-0.39, 0.29) is 0 Å². The first-order valence-electron chi connectivity index (χ1n) is 4.69. The number of carbonyl (C=O) groups excluding carboxylic acids is 1. The molecule has 2 nitrogen and oxygen atoms in total. The summed E-state index contributed by atoms with van der Waals surface area (Å²) in [6.45, 7) is 0.714. The zero-order chi connectivity index (χ0) is 9.97. The summed E-state index contributed by atoms with van der Waals surface area (Å²) in [7, 11) is 0. The summed E-state index contributed by atoms with van der Waals surface area (Å²) in [4.78, 5) is 10.2. The lowest BCUT2D eigenvalue weighted by Crippen LogP contribution is -1.89. The molecule has 0 amide bonds. The van der Waals surface area contributed by atoms with Gasteiger partial charge in [0.25, 0.3) is 0 Å². The average molecular weight is 211 g/mol. The fraction of sp³-hybridized carbons (Fsp3) is 0.364. The standard InChI is InChI=1S/C11H11ClO2/c12-10-7-8(2-1-4-13)6-9-3-5-14-11(9)10/h4,6-7H,1-3,5H2. The quantitative estimate of drug-likeness (QED) is 0.717. The van der Waals surface area contributed by atoms with E-state index in [1.165, 1.54) is 5.56 Å². The summed E-state index contributed by atoms with van der Waals surface area (Å²) in [5, 5.41) is 0.667. The van der Waals surface area contributed by atoms with Gasteiger partial charge in [0.1, 0.15) is 12.0 Å². The topological polar surface area (TPSA) is 26.3 Å². The summed E-state index contributed by atoms with van der Waals surface area (Å²) in [6, 6.07) is 3.97. The maximum absolute atomic E-state index is 10.2. The molecule has 0 aliphatic carbocycles. The number of hydrogen-bond acceptors (Lipinski definition) is 2. The second-order valence-electron chi connectivity index (χ2n) is 3.37. The van der Waals surface area contributed by atoms with Crippen molar-refractivity contribution in [3.8, 4) is 5.75 Å². The summed E-state index contributed by atoms with van der Waals surface area (Å²) < 4.78 is 5.39. The van der Waals surface area contributed by atoms with Gasteiger partial charge in [-0.05, 0) is 23.6 Å². The van der Waals surface area contributed by atoms with E-state index in [0.29, 0.717) is 18.1 Å². The van der Waals surface area contributed by atoms with E-state index in [4.69, 9.17) is 16.3 Å². The van der Waals surface area contributed by atoms with Gasteiger partial charge in [-0.25, -0.2) is 0 Å². The third kappa shape index (κ3) is 1.75. The third-order valence-electron chi connectivity index (χ3n) is 2.35. The van der Waals surface area contributed by atoms with Crippen LogP contribution >= 0.6 is 11.6 Å². The lowest BCUT2D eigenvalue weighted by Gasteiger charge is -2.05. The molecule has 0 bridgehead atoms. The van der Waals surface area contributed by atoms with Crippen molar-refractivity contribution >= 4 is 17.9 Å². The summed E-state index contributed by atoms with van der Waals surface area (Å²) in [6.07, 6.45) is 3.16. The molecule has 1 heterocycles. The molecule has 1 aromatic carbocycles. The molecule has 0 fully saturated rings. The molecular formula is C11H11ClO2. The molecule has 2 rings (SSSR count). The number of carbonyl (C=O) groups is 1. The van der Waals surface area contributed by atoms with E-state index < -0.39 is 0 Å². The van der Waals surface area contributed by atoms with Gasteiger partial charge in [-0.2, -0.15) is 0 Å². The van der Waals surface area contributed by atoms with Crippen molar-refractivity contribution in [2.75, 3.05) is 6.61 Å². The van der Waals surface area contributed by atoms with E-state index in [0.717, 1.165) is 30.4 Å². The van der Waals surface area contributed by atoms with Crippen molar-refractivity contribution < 1.29 is 9.53 Å². The van der Waals surface area contributed by atoms with Crippen LogP contribution in [0.3, 0.4) is 0 Å². The van der Waals surface area contributed by atoms with E-state index in [9.17, 15) is 4.79 Å². The Kier molecular flexibility index (Phi) is 2.73. The Morgan fingerprint density at radius 2 is 2.36 bits per heavy atom. The molecule has 0 N–H and O–H groups in total. The molecule has 0 aromatic heterocycles. The smallest absolute Gasteiger partial charge is 0.141 e. The predicted octanol–water partition coefficient (Wildman–Crippen LogP) is 2.41. The Hall–Kier alpha value is -1.02. The Morgan fingerprint density at radius 3 is 3.14 bits per heavy atom. The lowest BCUT2D eigenvalue weighted by molar-refractivity contribution is -0.107. The van der Waals surface area contributed by atoms with Gasteiger partial charge in [-0.1, -0.05) is 17.7 Å². The van der Waals surface area contributed by atoms with Gasteiger partial charge < -0.3 is 9.53 Å². The zero-order valence-electron chi connectivity index (χ0n) is 7.75. The van der Waals surface area contributed by atoms with Crippen molar-refractivity contribution in [1.29, 1.82) is 0 Å². The lowest BCUT2D eigenvalue weighted by atomic mass is 10.1. The normalized spacial score (nSPS) is 13.5. The fourth-order valence-electron chi connectivity index (χ4n) is 1.69. The minimum absolute atomic E-state index is 0.552. The molecule has 74 valence electrons. The molecule has 0 saturated heterocycles. The molecule has 1 aliphatic heterocycles. The highest BCUT2D eigenvalue weighted by molar-refractivity contribution is 6.32. The molecule has 0 atom stereocenters. The van der Waals surface area contributed by atoms with Crippen LogP contribution in [0.5, 0.6) is 5.75 Å². The number of halogens is 1. The maximum atomic E-state index is 10.2. The first-order chi connectivity index (χ1) is 6.81. The van der Waals surface area contributed by atoms with Crippen LogP contribution in [0.1, 0.15) is 17.5 Å². The molecule has 0 saturated carbocycles. The molecule has 0 unspecified atom stereocenters. The Bertz CT molecular complexity index is 361. The van der Waals surface area contributed by atoms with Gasteiger partial charge in [0, 0.05) is 12.8 Å². The van der Waals surface area contributed by atoms with E-state index in [1.54, 1.807) is 0 Å². The summed E-state index contributed by atoms with van der Waals surface area (Å²) >= 11 is 6.04. The minimum atomic E-state index is 0.552. The monoisotopic (exact) mass is 210 g/mol. The number of rotatable bonds is 3. The minimum Gasteiger partial charge on any atom is -0.491 e. The Labute approximate surface area is 87.8 Å². The number of aldehydes is 1. The second-order valence-corrected chi connectivity index (χ2v) is 3.78. The molecular weight excluding hydrogens is 200 g/mol. The molecule has 14 heavy (non-hydrogen) atoms. The van der Waals surface area contributed by atoms with Crippen LogP contribution in [-0.2, 0) is 17.6 Å². The Morgan fingerprint density at radius 1 is 1.50 bits per heavy atom. The van der Waals surface area contributed by atoms with Gasteiger partial charge in [-0.15, -0.1) is 0 Å². The van der Waals surface area contributed by atoms with Gasteiger partial charge in [0.05, 0.1) is 11.6 Å². The SMILES string of the molecule is O=CCCc1cc(Cl)c2c(c1)CCO2. The van der Waals surface area contributed by atoms with Crippen LogP contribution in [0.2, 0.25) is 5.02 Å². The van der Waals surface area contributed by atoms with Crippen LogP contribution in [0.4, 0.5) is 0 Å². The van der Waals surface area contributed by atoms with Crippen LogP contribution in [0.25, 0.3) is 0 Å². The number of fused-ring (bicyclic) bond motifs is 1. The average Bonchev–Trinajstić information content (AvgIpc) is 2.63. The van der Waals surface area contributed by atoms with Crippen molar-refractivity contribution in [3.63, 3.8) is 0 Å². The van der Waals surface area contributed by atoms with Gasteiger partial charge in [-0.3, -0.25) is 0 Å². The largest absolute Gasteiger partial charge is 0.491 e. The van der Waals surface area contributed by atoms with Crippen LogP contribution < -0.4 is 4.74 Å².